The van der Waals surface area contributed by atoms with Gasteiger partial charge in [-0.1, -0.05) is 18.2 Å². The lowest BCUT2D eigenvalue weighted by Crippen LogP contribution is -2.23. The largest absolute Gasteiger partial charge is 0.452 e. The topological polar surface area (TPSA) is 111 Å². The minimum Gasteiger partial charge on any atom is -0.452 e. The molecule has 0 aliphatic heterocycles. The molecule has 8 heteroatoms. The van der Waals surface area contributed by atoms with Crippen molar-refractivity contribution in [2.24, 2.45) is 5.73 Å². The molecular weight excluding hydrogens is 390 g/mol. The predicted octanol–water partition coefficient (Wildman–Crippen LogP) is 2.99. The van der Waals surface area contributed by atoms with E-state index >= 15 is 0 Å². The summed E-state index contributed by atoms with van der Waals surface area (Å²) in [6.45, 7) is 1.33. The van der Waals surface area contributed by atoms with E-state index in [1.165, 1.54) is 11.3 Å². The Morgan fingerprint density at radius 3 is 2.83 bits per heavy atom. The highest BCUT2D eigenvalue weighted by Gasteiger charge is 2.26. The molecular formula is C21H19N3O4S. The van der Waals surface area contributed by atoms with Crippen LogP contribution in [0.3, 0.4) is 0 Å². The molecule has 0 unspecified atom stereocenters. The summed E-state index contributed by atoms with van der Waals surface area (Å²) < 4.78 is 5.21. The van der Waals surface area contributed by atoms with E-state index in [-0.39, 0.29) is 0 Å². The lowest BCUT2D eigenvalue weighted by atomic mass is 10.1. The third kappa shape index (κ3) is 3.71. The maximum absolute atomic E-state index is 12.6. The highest BCUT2D eigenvalue weighted by Crippen LogP contribution is 2.38. The number of rotatable bonds is 5. The number of thiophene rings is 1. The zero-order chi connectivity index (χ0) is 20.5. The first-order chi connectivity index (χ1) is 13.9. The number of ether oxygens (including phenoxy) is 1. The Morgan fingerprint density at radius 2 is 2.03 bits per heavy atom. The van der Waals surface area contributed by atoms with Gasteiger partial charge in [0.1, 0.15) is 5.00 Å². The van der Waals surface area contributed by atoms with Crippen molar-refractivity contribution < 1.29 is 19.1 Å². The smallest absolute Gasteiger partial charge is 0.339 e. The zero-order valence-electron chi connectivity index (χ0n) is 15.8. The number of fused-ring (bicyclic) bond motifs is 2. The first-order valence-electron chi connectivity index (χ1n) is 9.21. The highest BCUT2D eigenvalue weighted by atomic mass is 32.1. The van der Waals surface area contributed by atoms with Crippen molar-refractivity contribution in [2.75, 3.05) is 11.9 Å². The molecule has 1 aliphatic rings. The van der Waals surface area contributed by atoms with Crippen molar-refractivity contribution in [3.63, 3.8) is 0 Å². The number of anilines is 1. The van der Waals surface area contributed by atoms with Crippen LogP contribution in [0.4, 0.5) is 5.00 Å². The number of esters is 1. The average Bonchev–Trinajstić information content (AvgIpc) is 3.25. The van der Waals surface area contributed by atoms with Gasteiger partial charge in [-0.3, -0.25) is 14.6 Å². The van der Waals surface area contributed by atoms with Gasteiger partial charge in [-0.05, 0) is 43.9 Å². The van der Waals surface area contributed by atoms with Crippen molar-refractivity contribution in [1.82, 2.24) is 4.98 Å². The van der Waals surface area contributed by atoms with Crippen LogP contribution in [0.1, 0.15) is 43.3 Å². The molecule has 2 heterocycles. The number of hydrogen-bond donors (Lipinski definition) is 2. The maximum Gasteiger partial charge on any atom is 0.339 e. The third-order valence-corrected chi connectivity index (χ3v) is 6.03. The molecule has 0 saturated carbocycles. The number of nitrogens with two attached hydrogens (primary N) is 1. The summed E-state index contributed by atoms with van der Waals surface area (Å²) in [5, 5.41) is 3.75. The molecule has 2 amide bonds. The molecule has 7 nitrogen and oxygen atoms in total. The molecule has 0 bridgehead atoms. The summed E-state index contributed by atoms with van der Waals surface area (Å²) in [6, 6.07) is 8.88. The number of pyridine rings is 1. The molecule has 3 aromatic rings. The number of carbonyl (C=O) groups excluding carboxylic acids is 3. The first-order valence-corrected chi connectivity index (χ1v) is 10.0. The Hall–Kier alpha value is -3.26. The molecule has 2 aromatic heterocycles. The maximum atomic E-state index is 12.6. The Kier molecular flexibility index (Phi) is 5.02. The quantitative estimate of drug-likeness (QED) is 0.629. The van der Waals surface area contributed by atoms with E-state index in [2.05, 4.69) is 10.3 Å². The number of aryl methyl sites for hydroxylation is 2. The van der Waals surface area contributed by atoms with E-state index < -0.39 is 24.4 Å². The summed E-state index contributed by atoms with van der Waals surface area (Å²) >= 11 is 1.36. The van der Waals surface area contributed by atoms with Gasteiger partial charge in [-0.2, -0.15) is 0 Å². The van der Waals surface area contributed by atoms with Crippen LogP contribution in [0.15, 0.2) is 30.3 Å². The molecule has 1 aliphatic carbocycles. The number of nitrogens with zero attached hydrogens (tertiary/aromatic N) is 1. The van der Waals surface area contributed by atoms with Gasteiger partial charge in [0.15, 0.2) is 6.61 Å². The monoisotopic (exact) mass is 409 g/mol. The fourth-order valence-electron chi connectivity index (χ4n) is 3.60. The van der Waals surface area contributed by atoms with Crippen LogP contribution in [0.2, 0.25) is 0 Å². The number of primary amides is 1. The van der Waals surface area contributed by atoms with E-state index in [9.17, 15) is 14.4 Å². The van der Waals surface area contributed by atoms with Crippen LogP contribution < -0.4 is 11.1 Å². The van der Waals surface area contributed by atoms with E-state index in [4.69, 9.17) is 10.5 Å². The van der Waals surface area contributed by atoms with Crippen LogP contribution in [0.5, 0.6) is 0 Å². The molecule has 4 rings (SSSR count). The average molecular weight is 409 g/mol. The van der Waals surface area contributed by atoms with Crippen molar-refractivity contribution in [3.05, 3.63) is 57.6 Å². The number of nitrogens with one attached hydrogen (secondary N) is 1. The van der Waals surface area contributed by atoms with Crippen molar-refractivity contribution in [3.8, 4) is 0 Å². The molecule has 1 aromatic carbocycles. The Labute approximate surface area is 170 Å². The van der Waals surface area contributed by atoms with Gasteiger partial charge < -0.3 is 15.8 Å². The zero-order valence-corrected chi connectivity index (χ0v) is 16.6. The highest BCUT2D eigenvalue weighted by molar-refractivity contribution is 7.17. The summed E-state index contributed by atoms with van der Waals surface area (Å²) in [4.78, 5) is 42.2. The SMILES string of the molecule is Cc1cc(C(=O)OCC(=O)Nc2sc3c(c2C(N)=O)CCC3)c2ccccc2n1. The first kappa shape index (κ1) is 19.1. The van der Waals surface area contributed by atoms with Gasteiger partial charge in [-0.15, -0.1) is 11.3 Å². The number of para-hydroxylation sites is 1. The fourth-order valence-corrected chi connectivity index (χ4v) is 4.91. The molecule has 0 radical (unpaired) electrons. The number of amides is 2. The molecule has 0 fully saturated rings. The standard InChI is InChI=1S/C21H19N3O4S/c1-11-9-14(12-5-2-3-7-15(12)23-11)21(27)28-10-17(25)24-20-18(19(22)26)13-6-4-8-16(13)29-20/h2-3,5,7,9H,4,6,8,10H2,1H3,(H2,22,26)(H,24,25). The van der Waals surface area contributed by atoms with Gasteiger partial charge >= 0.3 is 5.97 Å². The molecule has 0 spiro atoms. The van der Waals surface area contributed by atoms with Crippen molar-refractivity contribution in [2.45, 2.75) is 26.2 Å². The normalized spacial score (nSPS) is 12.6. The van der Waals surface area contributed by atoms with Gasteiger partial charge in [0.2, 0.25) is 0 Å². The Bertz CT molecular complexity index is 1150. The second kappa shape index (κ2) is 7.63. The van der Waals surface area contributed by atoms with Crippen molar-refractivity contribution >= 4 is 45.0 Å². The minimum absolute atomic E-state index is 0.355. The Morgan fingerprint density at radius 1 is 1.24 bits per heavy atom. The third-order valence-electron chi connectivity index (χ3n) is 4.82. The van der Waals surface area contributed by atoms with Crippen molar-refractivity contribution in [1.29, 1.82) is 0 Å². The molecule has 3 N–H and O–H groups in total. The number of hydrogen-bond acceptors (Lipinski definition) is 6. The number of aromatic nitrogens is 1. The molecule has 0 saturated heterocycles. The summed E-state index contributed by atoms with van der Waals surface area (Å²) in [5.74, 6) is -1.68. The Balaban J connectivity index is 1.47. The van der Waals surface area contributed by atoms with Crippen LogP contribution >= 0.6 is 11.3 Å². The van der Waals surface area contributed by atoms with E-state index in [1.54, 1.807) is 19.1 Å². The summed E-state index contributed by atoms with van der Waals surface area (Å²) in [6.07, 6.45) is 2.63. The predicted molar refractivity (Wildman–Crippen MR) is 110 cm³/mol. The summed E-state index contributed by atoms with van der Waals surface area (Å²) in [7, 11) is 0. The number of benzene rings is 1. The van der Waals surface area contributed by atoms with Gasteiger partial charge in [0, 0.05) is 16.0 Å². The van der Waals surface area contributed by atoms with Gasteiger partial charge in [-0.25, -0.2) is 4.79 Å². The lowest BCUT2D eigenvalue weighted by molar-refractivity contribution is -0.119. The van der Waals surface area contributed by atoms with E-state index in [1.807, 2.05) is 18.2 Å². The van der Waals surface area contributed by atoms with Gasteiger partial charge in [0.25, 0.3) is 11.8 Å². The molecule has 148 valence electrons. The van der Waals surface area contributed by atoms with Crippen LogP contribution in [-0.4, -0.2) is 29.4 Å². The molecule has 29 heavy (non-hydrogen) atoms. The van der Waals surface area contributed by atoms with Gasteiger partial charge in [0.05, 0.1) is 16.6 Å². The lowest BCUT2D eigenvalue weighted by Gasteiger charge is -2.09. The number of carbonyl (C=O) groups is 3. The van der Waals surface area contributed by atoms with Crippen LogP contribution in [0.25, 0.3) is 10.9 Å². The van der Waals surface area contributed by atoms with Crippen LogP contribution in [-0.2, 0) is 22.4 Å². The van der Waals surface area contributed by atoms with E-state index in [0.29, 0.717) is 32.7 Å². The van der Waals surface area contributed by atoms with E-state index in [0.717, 1.165) is 29.7 Å². The summed E-state index contributed by atoms with van der Waals surface area (Å²) in [5.41, 5.74) is 8.51. The fraction of sp³-hybridized carbons (Fsp3) is 0.238. The molecule has 0 atom stereocenters. The second-order valence-electron chi connectivity index (χ2n) is 6.88. The minimum atomic E-state index is -0.606. The second-order valence-corrected chi connectivity index (χ2v) is 7.98. The van der Waals surface area contributed by atoms with Crippen LogP contribution in [0, 0.1) is 6.92 Å².